The molecule has 1 heterocycles. The van der Waals surface area contributed by atoms with Crippen LogP contribution in [0.2, 0.25) is 0 Å². The van der Waals surface area contributed by atoms with Crippen LogP contribution >= 0.6 is 0 Å². The summed E-state index contributed by atoms with van der Waals surface area (Å²) in [5, 5.41) is 5.53. The number of likely N-dealkylation sites (tertiary alicyclic amines) is 1. The molecule has 2 N–H and O–H groups in total. The third kappa shape index (κ3) is 5.39. The molecule has 148 valence electrons. The SMILES string of the molecule is Cc1cccc(NC(=O)CC(=O)NCC(c2ccccc2F)N2CCCC2)c1. The molecular weight excluding hydrogens is 357 g/mol. The van der Waals surface area contributed by atoms with Crippen LogP contribution < -0.4 is 10.6 Å². The van der Waals surface area contributed by atoms with Gasteiger partial charge >= 0.3 is 0 Å². The van der Waals surface area contributed by atoms with Crippen molar-refractivity contribution in [1.82, 2.24) is 10.2 Å². The molecule has 3 rings (SSSR count). The molecule has 1 aliphatic heterocycles. The number of nitrogens with one attached hydrogen (secondary N) is 2. The molecule has 0 saturated carbocycles. The van der Waals surface area contributed by atoms with Crippen LogP contribution in [0.3, 0.4) is 0 Å². The molecule has 2 aromatic rings. The molecule has 0 aliphatic carbocycles. The number of carbonyl (C=O) groups excluding carboxylic acids is 2. The monoisotopic (exact) mass is 383 g/mol. The lowest BCUT2D eigenvalue weighted by atomic mass is 10.0. The summed E-state index contributed by atoms with van der Waals surface area (Å²) >= 11 is 0. The number of carbonyl (C=O) groups is 2. The molecule has 1 atom stereocenters. The van der Waals surface area contributed by atoms with Gasteiger partial charge < -0.3 is 10.6 Å². The normalized spacial score (nSPS) is 15.2. The lowest BCUT2D eigenvalue weighted by Crippen LogP contribution is -2.38. The zero-order valence-electron chi connectivity index (χ0n) is 16.1. The summed E-state index contributed by atoms with van der Waals surface area (Å²) in [5.41, 5.74) is 2.27. The van der Waals surface area contributed by atoms with E-state index in [1.165, 1.54) is 6.07 Å². The van der Waals surface area contributed by atoms with Gasteiger partial charge in [-0.3, -0.25) is 14.5 Å². The van der Waals surface area contributed by atoms with Crippen molar-refractivity contribution >= 4 is 17.5 Å². The molecular formula is C22H26FN3O2. The van der Waals surface area contributed by atoms with Gasteiger partial charge in [0.05, 0.1) is 6.04 Å². The smallest absolute Gasteiger partial charge is 0.233 e. The third-order valence-electron chi connectivity index (χ3n) is 4.96. The van der Waals surface area contributed by atoms with Gasteiger partial charge in [-0.1, -0.05) is 30.3 Å². The second kappa shape index (κ2) is 9.46. The van der Waals surface area contributed by atoms with Gasteiger partial charge in [-0.15, -0.1) is 0 Å². The van der Waals surface area contributed by atoms with Crippen molar-refractivity contribution < 1.29 is 14.0 Å². The molecule has 1 fully saturated rings. The molecule has 0 radical (unpaired) electrons. The fraction of sp³-hybridized carbons (Fsp3) is 0.364. The zero-order valence-corrected chi connectivity index (χ0v) is 16.1. The third-order valence-corrected chi connectivity index (χ3v) is 4.96. The fourth-order valence-corrected chi connectivity index (χ4v) is 3.58. The van der Waals surface area contributed by atoms with Gasteiger partial charge in [0, 0.05) is 17.8 Å². The molecule has 2 aromatic carbocycles. The first kappa shape index (κ1) is 20.0. The Morgan fingerprint density at radius 2 is 1.82 bits per heavy atom. The number of nitrogens with zero attached hydrogens (tertiary/aromatic N) is 1. The van der Waals surface area contributed by atoms with Gasteiger partial charge in [0.1, 0.15) is 12.2 Å². The molecule has 1 unspecified atom stereocenters. The van der Waals surface area contributed by atoms with Gasteiger partial charge in [0.2, 0.25) is 11.8 Å². The first-order valence-corrected chi connectivity index (χ1v) is 9.64. The molecule has 0 bridgehead atoms. The van der Waals surface area contributed by atoms with E-state index in [0.717, 1.165) is 31.5 Å². The van der Waals surface area contributed by atoms with Crippen LogP contribution in [0.4, 0.5) is 10.1 Å². The predicted molar refractivity (Wildman–Crippen MR) is 107 cm³/mol. The Morgan fingerprint density at radius 3 is 2.54 bits per heavy atom. The number of aryl methyl sites for hydroxylation is 1. The molecule has 1 aliphatic rings. The Bertz CT molecular complexity index is 834. The number of benzene rings is 2. The van der Waals surface area contributed by atoms with Crippen molar-refractivity contribution in [2.45, 2.75) is 32.2 Å². The van der Waals surface area contributed by atoms with Gasteiger partial charge in [-0.25, -0.2) is 4.39 Å². The van der Waals surface area contributed by atoms with E-state index in [1.54, 1.807) is 24.3 Å². The lowest BCUT2D eigenvalue weighted by molar-refractivity contribution is -0.127. The van der Waals surface area contributed by atoms with Crippen LogP contribution in [0.15, 0.2) is 48.5 Å². The van der Waals surface area contributed by atoms with Crippen LogP contribution in [0, 0.1) is 12.7 Å². The highest BCUT2D eigenvalue weighted by Gasteiger charge is 2.26. The Balaban J connectivity index is 1.57. The number of hydrogen-bond acceptors (Lipinski definition) is 3. The van der Waals surface area contributed by atoms with Gasteiger partial charge in [0.15, 0.2) is 0 Å². The summed E-state index contributed by atoms with van der Waals surface area (Å²) < 4.78 is 14.3. The summed E-state index contributed by atoms with van der Waals surface area (Å²) in [7, 11) is 0. The van der Waals surface area contributed by atoms with E-state index in [4.69, 9.17) is 0 Å². The van der Waals surface area contributed by atoms with E-state index >= 15 is 0 Å². The predicted octanol–water partition coefficient (Wildman–Crippen LogP) is 3.42. The Morgan fingerprint density at radius 1 is 1.07 bits per heavy atom. The van der Waals surface area contributed by atoms with Crippen molar-refractivity contribution in [2.24, 2.45) is 0 Å². The average molecular weight is 383 g/mol. The molecule has 6 heteroatoms. The molecule has 0 spiro atoms. The van der Waals surface area contributed by atoms with E-state index in [9.17, 15) is 14.0 Å². The second-order valence-corrected chi connectivity index (χ2v) is 7.18. The van der Waals surface area contributed by atoms with Crippen LogP contribution in [-0.4, -0.2) is 36.3 Å². The largest absolute Gasteiger partial charge is 0.354 e. The van der Waals surface area contributed by atoms with E-state index in [1.807, 2.05) is 25.1 Å². The van der Waals surface area contributed by atoms with Crippen molar-refractivity contribution in [3.8, 4) is 0 Å². The highest BCUT2D eigenvalue weighted by Crippen LogP contribution is 2.26. The molecule has 5 nitrogen and oxygen atoms in total. The maximum absolute atomic E-state index is 14.3. The quantitative estimate of drug-likeness (QED) is 0.721. The summed E-state index contributed by atoms with van der Waals surface area (Å²) in [5.74, 6) is -1.01. The molecule has 1 saturated heterocycles. The van der Waals surface area contributed by atoms with Crippen molar-refractivity contribution in [1.29, 1.82) is 0 Å². The van der Waals surface area contributed by atoms with E-state index < -0.39 is 0 Å². The topological polar surface area (TPSA) is 61.4 Å². The number of anilines is 1. The second-order valence-electron chi connectivity index (χ2n) is 7.18. The summed E-state index contributed by atoms with van der Waals surface area (Å²) in [6.07, 6.45) is 1.87. The summed E-state index contributed by atoms with van der Waals surface area (Å²) in [4.78, 5) is 26.6. The number of halogens is 1. The van der Waals surface area contributed by atoms with E-state index in [-0.39, 0.29) is 36.6 Å². The fourth-order valence-electron chi connectivity index (χ4n) is 3.58. The zero-order chi connectivity index (χ0) is 19.9. The Hall–Kier alpha value is -2.73. The molecule has 0 aromatic heterocycles. The highest BCUT2D eigenvalue weighted by molar-refractivity contribution is 6.03. The first-order chi connectivity index (χ1) is 13.5. The maximum atomic E-state index is 14.3. The van der Waals surface area contributed by atoms with E-state index in [2.05, 4.69) is 15.5 Å². The minimum Gasteiger partial charge on any atom is -0.354 e. The Kier molecular flexibility index (Phi) is 6.76. The first-order valence-electron chi connectivity index (χ1n) is 9.64. The van der Waals surface area contributed by atoms with Crippen LogP contribution in [0.1, 0.15) is 36.4 Å². The maximum Gasteiger partial charge on any atom is 0.233 e. The van der Waals surface area contributed by atoms with Crippen molar-refractivity contribution in [3.63, 3.8) is 0 Å². The van der Waals surface area contributed by atoms with E-state index in [0.29, 0.717) is 11.3 Å². The minimum absolute atomic E-state index is 0.229. The van der Waals surface area contributed by atoms with Crippen LogP contribution in [0.5, 0.6) is 0 Å². The van der Waals surface area contributed by atoms with Crippen molar-refractivity contribution in [2.75, 3.05) is 25.0 Å². The average Bonchev–Trinajstić information content (AvgIpc) is 3.17. The minimum atomic E-state index is -0.370. The van der Waals surface area contributed by atoms with Crippen LogP contribution in [0.25, 0.3) is 0 Å². The lowest BCUT2D eigenvalue weighted by Gasteiger charge is -2.28. The molecule has 2 amide bonds. The number of hydrogen-bond donors (Lipinski definition) is 2. The standard InChI is InChI=1S/C22H26FN3O2/c1-16-7-6-8-17(13-16)25-22(28)14-21(27)24-15-20(26-11-4-5-12-26)18-9-2-3-10-19(18)23/h2-3,6-10,13,20H,4-5,11-12,14-15H2,1H3,(H,24,27)(H,25,28). The number of amides is 2. The highest BCUT2D eigenvalue weighted by atomic mass is 19.1. The van der Waals surface area contributed by atoms with Gasteiger partial charge in [0.25, 0.3) is 0 Å². The number of rotatable bonds is 7. The summed E-state index contributed by atoms with van der Waals surface area (Å²) in [6.45, 7) is 3.96. The Labute approximate surface area is 164 Å². The van der Waals surface area contributed by atoms with Gasteiger partial charge in [-0.05, 0) is 56.6 Å². The van der Waals surface area contributed by atoms with Crippen LogP contribution in [-0.2, 0) is 9.59 Å². The summed E-state index contributed by atoms with van der Waals surface area (Å²) in [6, 6.07) is 13.8. The molecule has 28 heavy (non-hydrogen) atoms. The van der Waals surface area contributed by atoms with Gasteiger partial charge in [-0.2, -0.15) is 0 Å². The van der Waals surface area contributed by atoms with Crippen molar-refractivity contribution in [3.05, 3.63) is 65.5 Å².